The Morgan fingerprint density at radius 2 is 1.96 bits per heavy atom. The van der Waals surface area contributed by atoms with Crippen molar-refractivity contribution in [1.82, 2.24) is 14.9 Å². The summed E-state index contributed by atoms with van der Waals surface area (Å²) >= 11 is 5.25. The summed E-state index contributed by atoms with van der Waals surface area (Å²) in [7, 11) is 0. The van der Waals surface area contributed by atoms with Gasteiger partial charge in [-0.25, -0.2) is 5.10 Å². The minimum absolute atomic E-state index is 0.0772. The first-order chi connectivity index (χ1) is 13.1. The van der Waals surface area contributed by atoms with Gasteiger partial charge in [0.05, 0.1) is 18.4 Å². The average Bonchev–Trinajstić information content (AvgIpc) is 3.02. The standard InChI is InChI=1S/C18H16F2N4O2S/c1-2-25-15-6-4-3-5-14(15)16-22-23-18(27)24(16)21-11-12-7-9-13(10-8-12)26-17(19)20/h3-11,17H,2H2,1H3,(H,23,27)/b21-11-. The van der Waals surface area contributed by atoms with Gasteiger partial charge in [-0.15, -0.1) is 0 Å². The first-order valence-corrected chi connectivity index (χ1v) is 8.48. The third-order valence-corrected chi connectivity index (χ3v) is 3.77. The lowest BCUT2D eigenvalue weighted by Crippen LogP contribution is -2.01. The van der Waals surface area contributed by atoms with Gasteiger partial charge in [0.15, 0.2) is 5.82 Å². The first kappa shape index (κ1) is 18.7. The van der Waals surface area contributed by atoms with Crippen LogP contribution in [0.15, 0.2) is 53.6 Å². The fraction of sp³-hybridized carbons (Fsp3) is 0.167. The van der Waals surface area contributed by atoms with Crippen molar-refractivity contribution < 1.29 is 18.3 Å². The van der Waals surface area contributed by atoms with Gasteiger partial charge >= 0.3 is 6.61 Å². The Morgan fingerprint density at radius 1 is 1.22 bits per heavy atom. The van der Waals surface area contributed by atoms with Crippen molar-refractivity contribution in [3.63, 3.8) is 0 Å². The zero-order valence-corrected chi connectivity index (χ0v) is 15.1. The average molecular weight is 390 g/mol. The maximum absolute atomic E-state index is 12.2. The number of nitrogens with zero attached hydrogens (tertiary/aromatic N) is 3. The molecule has 3 rings (SSSR count). The molecule has 0 spiro atoms. The number of alkyl halides is 2. The number of halogens is 2. The maximum atomic E-state index is 12.2. The molecule has 0 bridgehead atoms. The van der Waals surface area contributed by atoms with Gasteiger partial charge in [0.2, 0.25) is 4.77 Å². The molecular formula is C18H16F2N4O2S. The molecule has 0 aliphatic heterocycles. The molecule has 2 aromatic carbocycles. The molecule has 1 aromatic heterocycles. The van der Waals surface area contributed by atoms with Crippen LogP contribution in [-0.4, -0.2) is 34.3 Å². The minimum Gasteiger partial charge on any atom is -0.493 e. The lowest BCUT2D eigenvalue weighted by molar-refractivity contribution is -0.0498. The second-order valence-corrected chi connectivity index (χ2v) is 5.67. The molecule has 1 N–H and O–H groups in total. The Labute approximate surface area is 159 Å². The van der Waals surface area contributed by atoms with E-state index in [9.17, 15) is 8.78 Å². The van der Waals surface area contributed by atoms with Crippen LogP contribution in [-0.2, 0) is 0 Å². The van der Waals surface area contributed by atoms with Crippen molar-refractivity contribution in [3.05, 3.63) is 58.9 Å². The predicted octanol–water partition coefficient (Wildman–Crippen LogP) is 4.49. The highest BCUT2D eigenvalue weighted by molar-refractivity contribution is 7.71. The summed E-state index contributed by atoms with van der Waals surface area (Å²) in [5.74, 6) is 1.24. The predicted molar refractivity (Wildman–Crippen MR) is 100 cm³/mol. The Kier molecular flexibility index (Phi) is 5.92. The van der Waals surface area contributed by atoms with E-state index in [1.54, 1.807) is 18.3 Å². The molecule has 140 valence electrons. The Morgan fingerprint density at radius 3 is 2.67 bits per heavy atom. The zero-order valence-electron chi connectivity index (χ0n) is 14.3. The SMILES string of the molecule is CCOc1ccccc1-c1n[nH]c(=S)n1/N=C\c1ccc(OC(F)F)cc1. The monoisotopic (exact) mass is 390 g/mol. The quantitative estimate of drug-likeness (QED) is 0.477. The van der Waals surface area contributed by atoms with Gasteiger partial charge in [-0.1, -0.05) is 12.1 Å². The number of ether oxygens (including phenoxy) is 2. The molecular weight excluding hydrogens is 374 g/mol. The van der Waals surface area contributed by atoms with Crippen molar-refractivity contribution in [2.45, 2.75) is 13.5 Å². The van der Waals surface area contributed by atoms with Gasteiger partial charge in [-0.05, 0) is 61.1 Å². The van der Waals surface area contributed by atoms with Crippen LogP contribution in [0.1, 0.15) is 12.5 Å². The fourth-order valence-electron chi connectivity index (χ4n) is 2.37. The fourth-order valence-corrected chi connectivity index (χ4v) is 2.54. The number of hydrogen-bond donors (Lipinski definition) is 1. The van der Waals surface area contributed by atoms with E-state index in [1.807, 2.05) is 31.2 Å². The second-order valence-electron chi connectivity index (χ2n) is 5.29. The summed E-state index contributed by atoms with van der Waals surface area (Å²) in [5, 5.41) is 11.3. The van der Waals surface area contributed by atoms with Crippen molar-refractivity contribution in [2.75, 3.05) is 6.61 Å². The van der Waals surface area contributed by atoms with Crippen molar-refractivity contribution >= 4 is 18.4 Å². The Hall–Kier alpha value is -3.07. The molecule has 0 unspecified atom stereocenters. The molecule has 0 amide bonds. The van der Waals surface area contributed by atoms with Crippen LogP contribution in [0.25, 0.3) is 11.4 Å². The van der Waals surface area contributed by atoms with Gasteiger partial charge in [0, 0.05) is 0 Å². The zero-order chi connectivity index (χ0) is 19.2. The highest BCUT2D eigenvalue weighted by Crippen LogP contribution is 2.28. The van der Waals surface area contributed by atoms with E-state index in [-0.39, 0.29) is 5.75 Å². The van der Waals surface area contributed by atoms with E-state index in [0.717, 1.165) is 5.56 Å². The molecule has 0 saturated heterocycles. The molecule has 1 heterocycles. The van der Waals surface area contributed by atoms with E-state index in [1.165, 1.54) is 16.8 Å². The van der Waals surface area contributed by atoms with Crippen LogP contribution < -0.4 is 9.47 Å². The lowest BCUT2D eigenvalue weighted by atomic mass is 10.2. The largest absolute Gasteiger partial charge is 0.493 e. The summed E-state index contributed by atoms with van der Waals surface area (Å²) in [5.41, 5.74) is 1.42. The van der Waals surface area contributed by atoms with Crippen molar-refractivity contribution in [1.29, 1.82) is 0 Å². The number of benzene rings is 2. The smallest absolute Gasteiger partial charge is 0.387 e. The first-order valence-electron chi connectivity index (χ1n) is 8.07. The molecule has 3 aromatic rings. The van der Waals surface area contributed by atoms with Crippen LogP contribution in [0.4, 0.5) is 8.78 Å². The van der Waals surface area contributed by atoms with E-state index >= 15 is 0 Å². The second kappa shape index (κ2) is 8.54. The molecule has 0 saturated carbocycles. The number of para-hydroxylation sites is 1. The van der Waals surface area contributed by atoms with Crippen LogP contribution in [0.5, 0.6) is 11.5 Å². The number of rotatable bonds is 7. The number of H-pyrrole nitrogens is 1. The van der Waals surface area contributed by atoms with Crippen LogP contribution in [0, 0.1) is 4.77 Å². The maximum Gasteiger partial charge on any atom is 0.387 e. The molecule has 9 heteroatoms. The number of hydrogen-bond acceptors (Lipinski definition) is 5. The molecule has 27 heavy (non-hydrogen) atoms. The van der Waals surface area contributed by atoms with Crippen LogP contribution >= 0.6 is 12.2 Å². The molecule has 0 aliphatic rings. The topological polar surface area (TPSA) is 64.4 Å². The van der Waals surface area contributed by atoms with Crippen LogP contribution in [0.2, 0.25) is 0 Å². The number of nitrogens with one attached hydrogen (secondary N) is 1. The van der Waals surface area contributed by atoms with E-state index in [2.05, 4.69) is 20.0 Å². The summed E-state index contributed by atoms with van der Waals surface area (Å²) < 4.78 is 36.2. The van der Waals surface area contributed by atoms with Gasteiger partial charge in [0.25, 0.3) is 0 Å². The van der Waals surface area contributed by atoms with E-state index < -0.39 is 6.61 Å². The normalized spacial score (nSPS) is 11.3. The summed E-state index contributed by atoms with van der Waals surface area (Å²) in [6, 6.07) is 13.5. The third-order valence-electron chi connectivity index (χ3n) is 3.51. The molecule has 0 fully saturated rings. The Bertz CT molecular complexity index is 984. The minimum atomic E-state index is -2.86. The molecule has 0 aliphatic carbocycles. The number of aromatic amines is 1. The van der Waals surface area contributed by atoms with Crippen LogP contribution in [0.3, 0.4) is 0 Å². The summed E-state index contributed by atoms with van der Waals surface area (Å²) in [6.07, 6.45) is 1.55. The highest BCUT2D eigenvalue weighted by Gasteiger charge is 2.13. The van der Waals surface area contributed by atoms with Gasteiger partial charge < -0.3 is 9.47 Å². The lowest BCUT2D eigenvalue weighted by Gasteiger charge is -2.08. The summed E-state index contributed by atoms with van der Waals surface area (Å²) in [6.45, 7) is -0.451. The molecule has 6 nitrogen and oxygen atoms in total. The van der Waals surface area contributed by atoms with Gasteiger partial charge in [0.1, 0.15) is 11.5 Å². The van der Waals surface area contributed by atoms with Crippen molar-refractivity contribution in [2.24, 2.45) is 5.10 Å². The van der Waals surface area contributed by atoms with Crippen molar-refractivity contribution in [3.8, 4) is 22.9 Å². The van der Waals surface area contributed by atoms with Gasteiger partial charge in [-0.3, -0.25) is 0 Å². The third kappa shape index (κ3) is 4.56. The summed E-state index contributed by atoms with van der Waals surface area (Å²) in [4.78, 5) is 0. The molecule has 0 atom stereocenters. The van der Waals surface area contributed by atoms with E-state index in [0.29, 0.717) is 28.5 Å². The Balaban J connectivity index is 1.90. The molecule has 0 radical (unpaired) electrons. The van der Waals surface area contributed by atoms with Gasteiger partial charge in [-0.2, -0.15) is 23.7 Å². The number of aromatic nitrogens is 3. The highest BCUT2D eigenvalue weighted by atomic mass is 32.1. The van der Waals surface area contributed by atoms with E-state index in [4.69, 9.17) is 17.0 Å².